The number of hydrogen-bond donors (Lipinski definition) is 0. The molecule has 117 heavy (non-hydrogen) atoms. The molecule has 3 heterocycles. The van der Waals surface area contributed by atoms with Crippen molar-refractivity contribution in [1.29, 1.82) is 0 Å². The second-order valence-electron chi connectivity index (χ2n) is 26.6. The van der Waals surface area contributed by atoms with Gasteiger partial charge in [-0.3, -0.25) is 0 Å². The number of fused-ring (bicyclic) bond motifs is 15. The number of hydrogen-bond acceptors (Lipinski definition) is 3. The van der Waals surface area contributed by atoms with E-state index in [1.807, 2.05) is 0 Å². The van der Waals surface area contributed by atoms with Crippen molar-refractivity contribution in [3.8, 4) is 100 Å². The fraction of sp³-hybridized carbons (Fsp3) is 0. The van der Waals surface area contributed by atoms with E-state index >= 15 is 0 Å². The van der Waals surface area contributed by atoms with E-state index in [-0.39, 0.29) is 110 Å². The van der Waals surface area contributed by atoms with Gasteiger partial charge in [-0.1, -0.05) is 387 Å². The van der Waals surface area contributed by atoms with Gasteiger partial charge in [0.1, 0.15) is 33.5 Å². The SMILES string of the molecule is [2H]c1c([2H])c([2H])c(-c2c([2H])c([2H])c3c(oc4c([2H])c([2H])c([2H])c(-c5c6ccccc6c(-c6c([2H])c([2H])c([2H])c([2H])c6[2H])c6ccccc56)c43)c2[2H])c([2H])c1[2H].[2H]c1c([2H])c([2H])c(-c2c([2H])c([2H])c3oc4c([2H])c([2H])c([2H])c(-c5c6ccccc6c(-c6c([2H])c([2H])c([2H])c([2H])c6[2H])c6ccccc56)c4c3c2[2H])c([2H])c1[2H].[2H]c1c([2H])c([2H])c(-c2c3ccccc3c(-c3c([2H])c([2H])c([2H])c4oc5c([2H])c([2H])c([2H])c(-c6c([2H])c([2H])c([2H])c([2H])c6[2H])c5c34)c3ccccc23)c([2H])c1[2H]. The van der Waals surface area contributed by atoms with Crippen molar-refractivity contribution in [2.45, 2.75) is 0 Å². The minimum Gasteiger partial charge on any atom is -0.456 e. The van der Waals surface area contributed by atoms with Gasteiger partial charge in [0, 0.05) is 32.3 Å². The maximum atomic E-state index is 9.47. The van der Waals surface area contributed by atoms with Crippen LogP contribution in [0.25, 0.3) is 231 Å². The number of benzene rings is 21. The van der Waals surface area contributed by atoms with Crippen molar-refractivity contribution in [2.75, 3.05) is 0 Å². The normalized spacial score (nSPS) is 17.3. The third kappa shape index (κ3) is 11.7. The molecule has 0 N–H and O–H groups in total. The molecule has 0 radical (unpaired) electrons. The van der Waals surface area contributed by atoms with Crippen molar-refractivity contribution < 1.29 is 79.0 Å². The molecule has 3 nitrogen and oxygen atoms in total. The van der Waals surface area contributed by atoms with Gasteiger partial charge in [0.05, 0.1) is 65.8 Å². The molecule has 3 aromatic heterocycles. The molecule has 0 unspecified atom stereocenters. The van der Waals surface area contributed by atoms with Crippen LogP contribution >= 0.6 is 0 Å². The quantitative estimate of drug-likeness (QED) is 0.135. The van der Waals surface area contributed by atoms with Gasteiger partial charge in [-0.25, -0.2) is 0 Å². The van der Waals surface area contributed by atoms with Gasteiger partial charge in [-0.2, -0.15) is 0 Å². The van der Waals surface area contributed by atoms with Gasteiger partial charge in [0.15, 0.2) is 0 Å². The lowest BCUT2D eigenvalue weighted by molar-refractivity contribution is 0.668. The van der Waals surface area contributed by atoms with Crippen LogP contribution in [0.15, 0.2) is 449 Å². The summed E-state index contributed by atoms with van der Waals surface area (Å²) in [5, 5.41) is 4.24. The molecule has 0 aliphatic heterocycles. The fourth-order valence-electron chi connectivity index (χ4n) is 15.7. The van der Waals surface area contributed by atoms with Crippen LogP contribution in [0.1, 0.15) is 65.8 Å². The fourth-order valence-corrected chi connectivity index (χ4v) is 15.7. The Bertz CT molecular complexity index is 10800. The second kappa shape index (κ2) is 29.0. The Morgan fingerprint density at radius 2 is 0.402 bits per heavy atom. The minimum atomic E-state index is -0.714. The van der Waals surface area contributed by atoms with Gasteiger partial charge in [0.2, 0.25) is 0 Å². The first-order valence-electron chi connectivity index (χ1n) is 60.2. The highest BCUT2D eigenvalue weighted by atomic mass is 16.3. The summed E-state index contributed by atoms with van der Waals surface area (Å²) >= 11 is 0. The average Bonchev–Trinajstić information content (AvgIpc) is 1.62. The Morgan fingerprint density at radius 3 is 0.761 bits per heavy atom. The topological polar surface area (TPSA) is 39.4 Å². The Balaban J connectivity index is 0.000000137. The molecule has 3 heteroatoms. The van der Waals surface area contributed by atoms with E-state index in [0.29, 0.717) is 92.5 Å². The monoisotopic (exact) mass is 1540 g/mol. The van der Waals surface area contributed by atoms with Crippen molar-refractivity contribution in [3.63, 3.8) is 0 Å². The first-order valence-corrected chi connectivity index (χ1v) is 36.2. The molecule has 0 saturated heterocycles. The third-order valence-corrected chi connectivity index (χ3v) is 20.3. The standard InChI is InChI=1S/3C38H24O/c1-3-13-25(14-4-1)27-21-11-23-33-37(27)38-32(22-12-24-34(38)39-33)36-30-19-9-7-17-28(30)35(26-15-5-2-6-16-26)29-18-8-10-20-31(29)36;1-3-12-25(13-4-1)27-22-23-32-35(24-27)39-34-21-11-20-33(38(32)34)37-30-18-9-7-16-28(30)36(26-14-5-2-6-15-26)29-17-8-10-19-31(29)37;1-3-12-25(13-4-1)27-22-23-34-33(24-27)38-32(20-11-21-35(38)39-34)37-30-18-9-7-16-28(30)36(26-14-5-2-6-15-26)29-17-8-10-19-31(29)37/h3*1-24H/i1D,2D,3D,4D,5D,6D,11D,12D,13D,14D,15D,16D,21D,22D,23D,24D;2*1D,2D,3D,4D,5D,6D,11D,12D,13D,14D,15D,20D,21D,22D,23D,24D. The molecular formula is C114H72O3. The summed E-state index contributed by atoms with van der Waals surface area (Å²) in [6.45, 7) is 0. The van der Waals surface area contributed by atoms with Crippen LogP contribution in [0.5, 0.6) is 0 Å². The van der Waals surface area contributed by atoms with Crippen LogP contribution in [-0.4, -0.2) is 0 Å². The first-order chi connectivity index (χ1) is 78.1. The summed E-state index contributed by atoms with van der Waals surface area (Å²) in [6.07, 6.45) is 0. The van der Waals surface area contributed by atoms with Gasteiger partial charge in [-0.05, 0) is 213 Å². The molecule has 0 spiro atoms. The molecule has 546 valence electrons. The lowest BCUT2D eigenvalue weighted by Crippen LogP contribution is -1.91. The molecular weight excluding hydrogens is 1420 g/mol. The largest absolute Gasteiger partial charge is 0.456 e. The van der Waals surface area contributed by atoms with Gasteiger partial charge < -0.3 is 13.3 Å². The highest BCUT2D eigenvalue weighted by Crippen LogP contribution is 2.52. The molecule has 0 aliphatic rings. The van der Waals surface area contributed by atoms with E-state index in [9.17, 15) is 8.22 Å². The van der Waals surface area contributed by atoms with E-state index in [0.717, 1.165) is 0 Å². The van der Waals surface area contributed by atoms with E-state index in [1.54, 1.807) is 146 Å². The lowest BCUT2D eigenvalue weighted by atomic mass is 9.84. The second-order valence-corrected chi connectivity index (χ2v) is 26.6. The first kappa shape index (κ1) is 35.3. The molecule has 21 aromatic carbocycles. The van der Waals surface area contributed by atoms with Crippen molar-refractivity contribution >= 4 is 130 Å². The average molecular weight is 1540 g/mol. The van der Waals surface area contributed by atoms with E-state index < -0.39 is 318 Å². The Kier molecular flexibility index (Phi) is 8.74. The van der Waals surface area contributed by atoms with Crippen LogP contribution < -0.4 is 0 Å². The molecule has 0 fully saturated rings. The van der Waals surface area contributed by atoms with Crippen LogP contribution in [0.4, 0.5) is 0 Å². The predicted octanol–water partition coefficient (Wildman–Crippen LogP) is 32.7. The van der Waals surface area contributed by atoms with Crippen LogP contribution in [0.3, 0.4) is 0 Å². The third-order valence-electron chi connectivity index (χ3n) is 20.3. The van der Waals surface area contributed by atoms with Crippen LogP contribution in [0.2, 0.25) is 0 Å². The lowest BCUT2D eigenvalue weighted by Gasteiger charge is -2.18. The zero-order valence-electron chi connectivity index (χ0n) is 108. The van der Waals surface area contributed by atoms with Crippen LogP contribution in [0, 0.1) is 0 Å². The Labute approximate surface area is 743 Å². The summed E-state index contributed by atoms with van der Waals surface area (Å²) < 4.78 is 435. The molecule has 0 atom stereocenters. The zero-order chi connectivity index (χ0) is 119. The maximum Gasteiger partial charge on any atom is 0.136 e. The minimum absolute atomic E-state index is 0.00703. The summed E-state index contributed by atoms with van der Waals surface area (Å²) in [6, 6.07) is 12.4. The summed E-state index contributed by atoms with van der Waals surface area (Å²) in [4.78, 5) is 0. The van der Waals surface area contributed by atoms with Gasteiger partial charge in [-0.15, -0.1) is 0 Å². The molecule has 24 aromatic rings. The van der Waals surface area contributed by atoms with E-state index in [1.165, 1.54) is 0 Å². The van der Waals surface area contributed by atoms with Gasteiger partial charge in [0.25, 0.3) is 0 Å². The summed E-state index contributed by atoms with van der Waals surface area (Å²) in [5.74, 6) is 0. The van der Waals surface area contributed by atoms with Gasteiger partial charge >= 0.3 is 0 Å². The Morgan fingerprint density at radius 1 is 0.145 bits per heavy atom. The summed E-state index contributed by atoms with van der Waals surface area (Å²) in [5.41, 5.74) is -2.98. The highest BCUT2D eigenvalue weighted by Gasteiger charge is 2.26. The molecule has 0 aliphatic carbocycles. The predicted molar refractivity (Wildman–Crippen MR) is 495 cm³/mol. The smallest absolute Gasteiger partial charge is 0.136 e. The molecule has 24 rings (SSSR count). The Hall–Kier alpha value is -15.4. The molecule has 0 amide bonds. The van der Waals surface area contributed by atoms with Crippen molar-refractivity contribution in [3.05, 3.63) is 436 Å². The molecule has 0 bridgehead atoms. The summed E-state index contributed by atoms with van der Waals surface area (Å²) in [7, 11) is 0. The van der Waals surface area contributed by atoms with Crippen molar-refractivity contribution in [2.24, 2.45) is 0 Å². The number of rotatable bonds is 9. The van der Waals surface area contributed by atoms with E-state index in [2.05, 4.69) is 0 Å². The molecule has 0 saturated carbocycles. The zero-order valence-corrected chi connectivity index (χ0v) is 60.1. The maximum absolute atomic E-state index is 9.47. The van der Waals surface area contributed by atoms with E-state index in [4.69, 9.17) is 70.8 Å². The van der Waals surface area contributed by atoms with Crippen molar-refractivity contribution in [1.82, 2.24) is 0 Å². The highest BCUT2D eigenvalue weighted by molar-refractivity contribution is 6.30. The number of furan rings is 3. The van der Waals surface area contributed by atoms with Crippen LogP contribution in [-0.2, 0) is 0 Å².